The second kappa shape index (κ2) is 34.7. The molecule has 0 radical (unpaired) electrons. The smallest absolute Gasteiger partial charge is 0.328 e. The van der Waals surface area contributed by atoms with Crippen molar-refractivity contribution in [1.82, 2.24) is 10.6 Å². The minimum absolute atomic E-state index is 0.00172. The molecule has 0 fully saturated rings. The van der Waals surface area contributed by atoms with Crippen molar-refractivity contribution in [1.29, 1.82) is 0 Å². The Hall–Kier alpha value is -2.16. The summed E-state index contributed by atoms with van der Waals surface area (Å²) in [6.07, 6.45) is 32.7. The molecular formula is C39H74N2O7. The summed E-state index contributed by atoms with van der Waals surface area (Å²) in [4.78, 5) is 47.3. The maximum atomic E-state index is 12.7. The Morgan fingerprint density at radius 3 is 1.35 bits per heavy atom. The molecule has 2 atom stereocenters. The quantitative estimate of drug-likeness (QED) is 0.0382. The van der Waals surface area contributed by atoms with Crippen LogP contribution < -0.4 is 10.6 Å². The van der Waals surface area contributed by atoms with Gasteiger partial charge in [0.05, 0.1) is 13.2 Å². The predicted octanol–water partition coefficient (Wildman–Crippen LogP) is 8.93. The second-order valence-corrected chi connectivity index (χ2v) is 13.7. The number of amides is 2. The number of esters is 1. The Morgan fingerprint density at radius 2 is 0.938 bits per heavy atom. The predicted molar refractivity (Wildman–Crippen MR) is 195 cm³/mol. The van der Waals surface area contributed by atoms with Gasteiger partial charge < -0.3 is 25.6 Å². The van der Waals surface area contributed by atoms with Crippen LogP contribution >= 0.6 is 0 Å². The first-order chi connectivity index (χ1) is 23.3. The highest BCUT2D eigenvalue weighted by Gasteiger charge is 2.19. The highest BCUT2D eigenvalue weighted by Crippen LogP contribution is 2.19. The zero-order chi connectivity index (χ0) is 35.5. The van der Waals surface area contributed by atoms with Gasteiger partial charge in [0.15, 0.2) is 0 Å². The highest BCUT2D eigenvalue weighted by molar-refractivity contribution is 5.87. The van der Waals surface area contributed by atoms with Gasteiger partial charge in [0.2, 0.25) is 11.8 Å². The minimum Gasteiger partial charge on any atom is -0.480 e. The summed E-state index contributed by atoms with van der Waals surface area (Å²) >= 11 is 0. The van der Waals surface area contributed by atoms with Crippen LogP contribution in [0.2, 0.25) is 0 Å². The fraction of sp³-hybridized carbons (Fsp3) is 0.897. The fourth-order valence-corrected chi connectivity index (χ4v) is 6.01. The number of aliphatic hydroxyl groups excluding tert-OH is 1. The van der Waals surface area contributed by atoms with Gasteiger partial charge in [0, 0.05) is 12.8 Å². The normalized spacial score (nSPS) is 12.4. The van der Waals surface area contributed by atoms with Crippen LogP contribution in [-0.4, -0.2) is 59.3 Å². The number of aliphatic carboxylic acids is 1. The van der Waals surface area contributed by atoms with E-state index in [0.29, 0.717) is 19.3 Å². The number of ether oxygens (including phenoxy) is 1. The van der Waals surface area contributed by atoms with E-state index in [4.69, 9.17) is 14.9 Å². The minimum atomic E-state index is -1.38. The molecule has 9 nitrogen and oxygen atoms in total. The van der Waals surface area contributed by atoms with E-state index in [9.17, 15) is 19.2 Å². The average molecular weight is 683 g/mol. The standard InChI is InChI=1S/C39H74N2O7/c1-3-5-7-9-11-13-14-15-16-17-20-24-28-34(48-38(45)31-27-23-18-12-10-8-6-4-2)29-25-21-19-22-26-30-36(43)40-32-37(44)41-35(33-42)39(46)47/h34-35,42H,3-33H2,1-2H3,(H,40,43)(H,41,44)(H,46,47). The van der Waals surface area contributed by atoms with Crippen molar-refractivity contribution in [3.63, 3.8) is 0 Å². The Morgan fingerprint density at radius 1 is 0.542 bits per heavy atom. The summed E-state index contributed by atoms with van der Waals surface area (Å²) in [5.41, 5.74) is 0. The topological polar surface area (TPSA) is 142 Å². The molecule has 9 heteroatoms. The molecule has 0 aromatic carbocycles. The second-order valence-electron chi connectivity index (χ2n) is 13.7. The summed E-state index contributed by atoms with van der Waals surface area (Å²) < 4.78 is 5.99. The SMILES string of the molecule is CCCCCCCCCCCCCCC(CCCCCCCC(=O)NCC(=O)NC(CO)C(=O)O)OC(=O)CCCCCCCCCC. The van der Waals surface area contributed by atoms with Crippen LogP contribution in [0.1, 0.15) is 200 Å². The van der Waals surface area contributed by atoms with Gasteiger partial charge in [-0.05, 0) is 38.5 Å². The van der Waals surface area contributed by atoms with Gasteiger partial charge in [0.1, 0.15) is 12.1 Å². The number of aliphatic hydroxyl groups is 1. The number of carbonyl (C=O) groups excluding carboxylic acids is 3. The lowest BCUT2D eigenvalue weighted by Crippen LogP contribution is -2.47. The maximum Gasteiger partial charge on any atom is 0.328 e. The fourth-order valence-electron chi connectivity index (χ4n) is 6.01. The molecule has 0 aliphatic rings. The van der Waals surface area contributed by atoms with E-state index in [1.54, 1.807) is 0 Å². The number of carbonyl (C=O) groups is 4. The molecule has 4 N–H and O–H groups in total. The van der Waals surface area contributed by atoms with Crippen molar-refractivity contribution in [2.45, 2.75) is 212 Å². The number of unbranched alkanes of at least 4 members (excludes halogenated alkanes) is 22. The van der Waals surface area contributed by atoms with Crippen molar-refractivity contribution < 1.29 is 34.1 Å². The number of rotatable bonds is 36. The van der Waals surface area contributed by atoms with E-state index >= 15 is 0 Å². The lowest BCUT2D eigenvalue weighted by Gasteiger charge is -2.18. The van der Waals surface area contributed by atoms with Gasteiger partial charge >= 0.3 is 11.9 Å². The highest BCUT2D eigenvalue weighted by atomic mass is 16.5. The molecular weight excluding hydrogens is 608 g/mol. The van der Waals surface area contributed by atoms with Crippen LogP contribution in [0.4, 0.5) is 0 Å². The number of hydrogen-bond acceptors (Lipinski definition) is 6. The van der Waals surface area contributed by atoms with E-state index in [1.165, 1.54) is 109 Å². The lowest BCUT2D eigenvalue weighted by molar-refractivity contribution is -0.150. The zero-order valence-corrected chi connectivity index (χ0v) is 31.0. The maximum absolute atomic E-state index is 12.7. The summed E-state index contributed by atoms with van der Waals surface area (Å²) in [7, 11) is 0. The van der Waals surface area contributed by atoms with Gasteiger partial charge in [-0.15, -0.1) is 0 Å². The van der Waals surface area contributed by atoms with Crippen LogP contribution in [0.25, 0.3) is 0 Å². The number of hydrogen-bond donors (Lipinski definition) is 4. The van der Waals surface area contributed by atoms with Crippen LogP contribution in [0.15, 0.2) is 0 Å². The van der Waals surface area contributed by atoms with E-state index < -0.39 is 24.5 Å². The number of carboxylic acid groups (broad SMARTS) is 1. The number of carboxylic acids is 1. The summed E-state index contributed by atoms with van der Waals surface area (Å²) in [5.74, 6) is -2.28. The third-order valence-electron chi connectivity index (χ3n) is 9.10. The molecule has 0 aromatic rings. The molecule has 282 valence electrons. The zero-order valence-electron chi connectivity index (χ0n) is 31.0. The Labute approximate surface area is 293 Å². The van der Waals surface area contributed by atoms with E-state index in [-0.39, 0.29) is 24.5 Å². The summed E-state index contributed by atoms with van der Waals surface area (Å²) in [6, 6.07) is -1.38. The molecule has 0 heterocycles. The molecule has 2 unspecified atom stereocenters. The lowest BCUT2D eigenvalue weighted by atomic mass is 10.0. The van der Waals surface area contributed by atoms with Crippen molar-refractivity contribution >= 4 is 23.8 Å². The van der Waals surface area contributed by atoms with Gasteiger partial charge in [-0.3, -0.25) is 14.4 Å². The van der Waals surface area contributed by atoms with Crippen molar-refractivity contribution in [3.8, 4) is 0 Å². The molecule has 0 saturated carbocycles. The molecule has 0 bridgehead atoms. The van der Waals surface area contributed by atoms with Gasteiger partial charge in [-0.1, -0.05) is 149 Å². The van der Waals surface area contributed by atoms with Crippen molar-refractivity contribution in [2.24, 2.45) is 0 Å². The third-order valence-corrected chi connectivity index (χ3v) is 9.10. The third kappa shape index (κ3) is 31.1. The Bertz CT molecular complexity index is 792. The molecule has 0 spiro atoms. The first-order valence-corrected chi connectivity index (χ1v) is 19.9. The van der Waals surface area contributed by atoms with Crippen molar-refractivity contribution in [3.05, 3.63) is 0 Å². The molecule has 0 aliphatic heterocycles. The van der Waals surface area contributed by atoms with Crippen LogP contribution in [-0.2, 0) is 23.9 Å². The van der Waals surface area contributed by atoms with Crippen molar-refractivity contribution in [2.75, 3.05) is 13.2 Å². The van der Waals surface area contributed by atoms with E-state index in [2.05, 4.69) is 24.5 Å². The molecule has 2 amide bonds. The molecule has 0 saturated heterocycles. The summed E-state index contributed by atoms with van der Waals surface area (Å²) in [6.45, 7) is 3.47. The van der Waals surface area contributed by atoms with Crippen LogP contribution in [0, 0.1) is 0 Å². The largest absolute Gasteiger partial charge is 0.480 e. The number of nitrogens with one attached hydrogen (secondary N) is 2. The van der Waals surface area contributed by atoms with E-state index in [0.717, 1.165) is 57.8 Å². The van der Waals surface area contributed by atoms with E-state index in [1.807, 2.05) is 0 Å². The Balaban J connectivity index is 4.25. The van der Waals surface area contributed by atoms with Crippen LogP contribution in [0.5, 0.6) is 0 Å². The van der Waals surface area contributed by atoms with Gasteiger partial charge in [-0.25, -0.2) is 4.79 Å². The first-order valence-electron chi connectivity index (χ1n) is 19.9. The Kier molecular flexibility index (Phi) is 33.1. The molecule has 0 rings (SSSR count). The molecule has 0 aromatic heterocycles. The average Bonchev–Trinajstić information content (AvgIpc) is 3.07. The molecule has 48 heavy (non-hydrogen) atoms. The summed E-state index contributed by atoms with van der Waals surface area (Å²) in [5, 5.41) is 22.5. The van der Waals surface area contributed by atoms with Crippen LogP contribution in [0.3, 0.4) is 0 Å². The monoisotopic (exact) mass is 683 g/mol. The van der Waals surface area contributed by atoms with Gasteiger partial charge in [0.25, 0.3) is 0 Å². The molecule has 0 aliphatic carbocycles. The first kappa shape index (κ1) is 45.8. The van der Waals surface area contributed by atoms with Gasteiger partial charge in [-0.2, -0.15) is 0 Å².